The molecule has 1 atom stereocenters. The molecule has 2 aromatic rings. The molecular weight excluding hydrogens is 561 g/mol. The third-order valence-electron chi connectivity index (χ3n) is 2.95. The number of benzene rings is 2. The molecule has 0 aromatic heterocycles. The smallest absolute Gasteiger partial charge is 0.0599 e. The summed E-state index contributed by atoms with van der Waals surface area (Å²) in [5.74, 6) is 0. The van der Waals surface area contributed by atoms with Crippen LogP contribution < -0.4 is 5.32 Å². The van der Waals surface area contributed by atoms with Crippen LogP contribution in [0.2, 0.25) is 0 Å². The summed E-state index contributed by atoms with van der Waals surface area (Å²) in [5.41, 5.74) is 2.47. The van der Waals surface area contributed by atoms with Crippen LogP contribution in [0, 0.1) is 3.57 Å². The molecule has 0 saturated heterocycles. The Kier molecular flexibility index (Phi) is 6.53. The Hall–Kier alpha value is 0.570. The molecule has 0 aliphatic heterocycles. The molecule has 0 spiro atoms. The highest BCUT2D eigenvalue weighted by Crippen LogP contribution is 2.35. The van der Waals surface area contributed by atoms with Gasteiger partial charge in [-0.15, -0.1) is 0 Å². The van der Waals surface area contributed by atoms with Gasteiger partial charge in [0, 0.05) is 17.0 Å². The number of hydrogen-bond acceptors (Lipinski definition) is 1. The van der Waals surface area contributed by atoms with E-state index >= 15 is 0 Å². The Morgan fingerprint density at radius 1 is 1.00 bits per heavy atom. The summed E-state index contributed by atoms with van der Waals surface area (Å²) in [6.07, 6.45) is 0. The van der Waals surface area contributed by atoms with Gasteiger partial charge < -0.3 is 5.32 Å². The molecule has 2 rings (SSSR count). The largest absolute Gasteiger partial charge is 0.306 e. The van der Waals surface area contributed by atoms with E-state index in [0.717, 1.165) is 20.0 Å². The monoisotopic (exact) mass is 571 g/mol. The average molecular weight is 574 g/mol. The van der Waals surface area contributed by atoms with E-state index in [1.807, 2.05) is 6.07 Å². The van der Waals surface area contributed by atoms with Gasteiger partial charge in [-0.1, -0.05) is 54.7 Å². The summed E-state index contributed by atoms with van der Waals surface area (Å²) >= 11 is 13.2. The van der Waals surface area contributed by atoms with E-state index in [9.17, 15) is 0 Å². The summed E-state index contributed by atoms with van der Waals surface area (Å²) in [6.45, 7) is 3.03. The van der Waals surface area contributed by atoms with Crippen molar-refractivity contribution >= 4 is 70.4 Å². The predicted molar refractivity (Wildman–Crippen MR) is 104 cm³/mol. The van der Waals surface area contributed by atoms with Gasteiger partial charge in [-0.25, -0.2) is 0 Å². The molecule has 1 nitrogen and oxygen atoms in total. The Morgan fingerprint density at radius 3 is 2.25 bits per heavy atom. The van der Waals surface area contributed by atoms with Crippen LogP contribution in [-0.4, -0.2) is 6.54 Å². The zero-order valence-corrected chi connectivity index (χ0v) is 17.7. The van der Waals surface area contributed by atoms with Crippen molar-refractivity contribution in [2.75, 3.05) is 6.54 Å². The SMILES string of the molecule is CCNC(c1cc(Br)ccc1Br)c1cc(I)ccc1Br. The standard InChI is InChI=1S/C15H13Br3IN/c1-2-20-15(11-7-9(16)3-5-13(11)17)12-8-10(19)4-6-14(12)18/h3-8,15,20H,2H2,1H3. The van der Waals surface area contributed by atoms with Crippen LogP contribution in [-0.2, 0) is 0 Å². The van der Waals surface area contributed by atoms with Gasteiger partial charge in [0.25, 0.3) is 0 Å². The van der Waals surface area contributed by atoms with Crippen molar-refractivity contribution in [1.29, 1.82) is 0 Å². The summed E-state index contributed by atoms with van der Waals surface area (Å²) in [7, 11) is 0. The Morgan fingerprint density at radius 2 is 1.60 bits per heavy atom. The number of halogens is 4. The molecule has 2 aromatic carbocycles. The fourth-order valence-corrected chi connectivity index (χ4v) is 3.91. The predicted octanol–water partition coefficient (Wildman–Crippen LogP) is 6.28. The van der Waals surface area contributed by atoms with Crippen LogP contribution in [0.15, 0.2) is 49.8 Å². The second-order valence-electron chi connectivity index (χ2n) is 4.32. The highest BCUT2D eigenvalue weighted by Gasteiger charge is 2.19. The van der Waals surface area contributed by atoms with Crippen molar-refractivity contribution < 1.29 is 0 Å². The fourth-order valence-electron chi connectivity index (χ4n) is 2.06. The first-order valence-corrected chi connectivity index (χ1v) is 9.62. The van der Waals surface area contributed by atoms with Crippen molar-refractivity contribution in [3.8, 4) is 0 Å². The molecule has 0 aliphatic carbocycles. The Labute approximate surface area is 158 Å². The molecule has 0 aliphatic rings. The Balaban J connectivity index is 2.55. The summed E-state index contributed by atoms with van der Waals surface area (Å²) < 4.78 is 4.54. The summed E-state index contributed by atoms with van der Waals surface area (Å²) in [4.78, 5) is 0. The molecule has 1 N–H and O–H groups in total. The van der Waals surface area contributed by atoms with Crippen LogP contribution in [0.4, 0.5) is 0 Å². The van der Waals surface area contributed by atoms with Gasteiger partial charge in [-0.2, -0.15) is 0 Å². The number of hydrogen-bond donors (Lipinski definition) is 1. The van der Waals surface area contributed by atoms with Crippen LogP contribution in [0.1, 0.15) is 24.1 Å². The van der Waals surface area contributed by atoms with Gasteiger partial charge in [0.05, 0.1) is 6.04 Å². The Bertz CT molecular complexity index is 565. The van der Waals surface area contributed by atoms with Gasteiger partial charge in [-0.3, -0.25) is 0 Å². The molecule has 0 fully saturated rings. The van der Waals surface area contributed by atoms with Crippen molar-refractivity contribution in [2.24, 2.45) is 0 Å². The maximum Gasteiger partial charge on any atom is 0.0599 e. The minimum Gasteiger partial charge on any atom is -0.306 e. The van der Waals surface area contributed by atoms with Gasteiger partial charge in [0.1, 0.15) is 0 Å². The molecule has 0 bridgehead atoms. The van der Waals surface area contributed by atoms with Gasteiger partial charge in [0.2, 0.25) is 0 Å². The summed E-state index contributed by atoms with van der Waals surface area (Å²) in [6, 6.07) is 12.8. The first-order chi connectivity index (χ1) is 9.52. The van der Waals surface area contributed by atoms with Crippen molar-refractivity contribution in [1.82, 2.24) is 5.32 Å². The van der Waals surface area contributed by atoms with E-state index < -0.39 is 0 Å². The first-order valence-electron chi connectivity index (χ1n) is 6.16. The lowest BCUT2D eigenvalue weighted by Crippen LogP contribution is -2.23. The van der Waals surface area contributed by atoms with Crippen molar-refractivity contribution in [2.45, 2.75) is 13.0 Å². The van der Waals surface area contributed by atoms with Gasteiger partial charge >= 0.3 is 0 Å². The van der Waals surface area contributed by atoms with Crippen LogP contribution >= 0.6 is 70.4 Å². The number of rotatable bonds is 4. The molecule has 5 heteroatoms. The number of nitrogens with one attached hydrogen (secondary N) is 1. The van der Waals surface area contributed by atoms with E-state index in [0.29, 0.717) is 0 Å². The molecule has 0 radical (unpaired) electrons. The van der Waals surface area contributed by atoms with E-state index in [1.165, 1.54) is 14.7 Å². The maximum absolute atomic E-state index is 3.67. The zero-order valence-electron chi connectivity index (χ0n) is 10.8. The lowest BCUT2D eigenvalue weighted by molar-refractivity contribution is 0.626. The summed E-state index contributed by atoms with van der Waals surface area (Å²) in [5, 5.41) is 3.57. The van der Waals surface area contributed by atoms with Crippen LogP contribution in [0.5, 0.6) is 0 Å². The lowest BCUT2D eigenvalue weighted by atomic mass is 9.99. The first kappa shape index (κ1) is 16.9. The normalized spacial score (nSPS) is 12.4. The molecule has 1 unspecified atom stereocenters. The van der Waals surface area contributed by atoms with E-state index in [1.54, 1.807) is 0 Å². The third kappa shape index (κ3) is 4.06. The van der Waals surface area contributed by atoms with Crippen LogP contribution in [0.3, 0.4) is 0 Å². The lowest BCUT2D eigenvalue weighted by Gasteiger charge is -2.22. The van der Waals surface area contributed by atoms with Crippen molar-refractivity contribution in [3.05, 3.63) is 64.5 Å². The molecule has 0 amide bonds. The molecular formula is C15H13Br3IN. The quantitative estimate of drug-likeness (QED) is 0.425. The highest BCUT2D eigenvalue weighted by atomic mass is 127. The second-order valence-corrected chi connectivity index (χ2v) is 8.19. The van der Waals surface area contributed by atoms with E-state index in [-0.39, 0.29) is 6.04 Å². The van der Waals surface area contributed by atoms with E-state index in [4.69, 9.17) is 0 Å². The third-order valence-corrected chi connectivity index (χ3v) is 5.55. The minimum atomic E-state index is 0.149. The topological polar surface area (TPSA) is 12.0 Å². The maximum atomic E-state index is 3.67. The molecule has 0 heterocycles. The van der Waals surface area contributed by atoms with E-state index in [2.05, 4.69) is 113 Å². The molecule has 20 heavy (non-hydrogen) atoms. The highest BCUT2D eigenvalue weighted by molar-refractivity contribution is 14.1. The van der Waals surface area contributed by atoms with Crippen molar-refractivity contribution in [3.63, 3.8) is 0 Å². The minimum absolute atomic E-state index is 0.149. The van der Waals surface area contributed by atoms with Crippen LogP contribution in [0.25, 0.3) is 0 Å². The molecule has 106 valence electrons. The fraction of sp³-hybridized carbons (Fsp3) is 0.200. The zero-order chi connectivity index (χ0) is 14.7. The van der Waals surface area contributed by atoms with Gasteiger partial charge in [-0.05, 0) is 76.7 Å². The second kappa shape index (κ2) is 7.72. The molecule has 0 saturated carbocycles. The van der Waals surface area contributed by atoms with Gasteiger partial charge in [0.15, 0.2) is 0 Å². The average Bonchev–Trinajstić information content (AvgIpc) is 2.42.